The lowest BCUT2D eigenvalue weighted by atomic mass is 9.87. The molecule has 70 valence electrons. The van der Waals surface area contributed by atoms with Gasteiger partial charge in [0.1, 0.15) is 0 Å². The summed E-state index contributed by atoms with van der Waals surface area (Å²) < 4.78 is 0. The fourth-order valence-electron chi connectivity index (χ4n) is 1.55. The van der Waals surface area contributed by atoms with E-state index in [1.165, 1.54) is 5.57 Å². The molecule has 0 spiro atoms. The van der Waals surface area contributed by atoms with Gasteiger partial charge in [-0.15, -0.1) is 0 Å². The molecule has 1 aliphatic rings. The molecule has 0 aromatic rings. The Bertz CT molecular complexity index is 182. The SMILES string of the molecule is CC1=CCCC(C)(O)C(O)CC1. The number of allylic oxidation sites excluding steroid dienone is 2. The van der Waals surface area contributed by atoms with Crippen LogP contribution in [0.2, 0.25) is 0 Å². The summed E-state index contributed by atoms with van der Waals surface area (Å²) in [6.07, 6.45) is 4.69. The molecule has 2 heteroatoms. The molecule has 2 atom stereocenters. The van der Waals surface area contributed by atoms with Gasteiger partial charge in [0.2, 0.25) is 0 Å². The van der Waals surface area contributed by atoms with Crippen LogP contribution in [-0.4, -0.2) is 21.9 Å². The maximum atomic E-state index is 9.75. The van der Waals surface area contributed by atoms with E-state index in [0.717, 1.165) is 12.8 Å². The summed E-state index contributed by atoms with van der Waals surface area (Å²) in [4.78, 5) is 0. The average molecular weight is 170 g/mol. The van der Waals surface area contributed by atoms with E-state index in [1.807, 2.05) is 0 Å². The highest BCUT2D eigenvalue weighted by Gasteiger charge is 2.29. The van der Waals surface area contributed by atoms with Crippen molar-refractivity contribution in [2.45, 2.75) is 51.2 Å². The highest BCUT2D eigenvalue weighted by Crippen LogP contribution is 2.25. The smallest absolute Gasteiger partial charge is 0.0880 e. The molecule has 0 aromatic heterocycles. The number of hydrogen-bond donors (Lipinski definition) is 2. The van der Waals surface area contributed by atoms with E-state index in [1.54, 1.807) is 6.92 Å². The fourth-order valence-corrected chi connectivity index (χ4v) is 1.55. The maximum absolute atomic E-state index is 9.75. The van der Waals surface area contributed by atoms with Gasteiger partial charge in [-0.05, 0) is 39.5 Å². The van der Waals surface area contributed by atoms with Crippen LogP contribution in [0.25, 0.3) is 0 Å². The summed E-state index contributed by atoms with van der Waals surface area (Å²) in [6.45, 7) is 3.79. The van der Waals surface area contributed by atoms with E-state index in [-0.39, 0.29) is 0 Å². The Kier molecular flexibility index (Phi) is 2.91. The molecule has 0 saturated heterocycles. The van der Waals surface area contributed by atoms with Crippen molar-refractivity contribution < 1.29 is 10.2 Å². The van der Waals surface area contributed by atoms with Crippen molar-refractivity contribution >= 4 is 0 Å². The minimum absolute atomic E-state index is 0.568. The predicted molar refractivity (Wildman–Crippen MR) is 48.9 cm³/mol. The van der Waals surface area contributed by atoms with Crippen molar-refractivity contribution in [1.82, 2.24) is 0 Å². The summed E-state index contributed by atoms with van der Waals surface area (Å²) >= 11 is 0. The number of rotatable bonds is 0. The zero-order valence-electron chi connectivity index (χ0n) is 7.88. The van der Waals surface area contributed by atoms with Crippen molar-refractivity contribution in [3.63, 3.8) is 0 Å². The lowest BCUT2D eigenvalue weighted by molar-refractivity contribution is -0.0701. The van der Waals surface area contributed by atoms with Crippen LogP contribution < -0.4 is 0 Å². The Morgan fingerprint density at radius 2 is 2.25 bits per heavy atom. The average Bonchev–Trinajstić information content (AvgIpc) is 1.98. The zero-order valence-corrected chi connectivity index (χ0v) is 7.88. The predicted octanol–water partition coefficient (Wildman–Crippen LogP) is 1.62. The second kappa shape index (κ2) is 3.58. The van der Waals surface area contributed by atoms with Gasteiger partial charge in [-0.2, -0.15) is 0 Å². The first-order valence-corrected chi connectivity index (χ1v) is 4.58. The topological polar surface area (TPSA) is 40.5 Å². The van der Waals surface area contributed by atoms with Crippen LogP contribution in [0.3, 0.4) is 0 Å². The van der Waals surface area contributed by atoms with Crippen LogP contribution in [0.15, 0.2) is 11.6 Å². The van der Waals surface area contributed by atoms with Gasteiger partial charge in [-0.25, -0.2) is 0 Å². The Labute approximate surface area is 73.9 Å². The van der Waals surface area contributed by atoms with Gasteiger partial charge in [-0.3, -0.25) is 0 Å². The van der Waals surface area contributed by atoms with E-state index < -0.39 is 11.7 Å². The molecule has 0 amide bonds. The molecule has 2 nitrogen and oxygen atoms in total. The minimum atomic E-state index is -0.892. The molecule has 0 aliphatic heterocycles. The van der Waals surface area contributed by atoms with Crippen molar-refractivity contribution in [2.24, 2.45) is 0 Å². The number of aliphatic hydroxyl groups is 2. The molecular weight excluding hydrogens is 152 g/mol. The Morgan fingerprint density at radius 3 is 2.92 bits per heavy atom. The third-order valence-electron chi connectivity index (χ3n) is 2.67. The first-order valence-electron chi connectivity index (χ1n) is 4.58. The standard InChI is InChI=1S/C10H18O2/c1-8-4-3-7-10(2,12)9(11)6-5-8/h4,9,11-12H,3,5-7H2,1-2H3. The van der Waals surface area contributed by atoms with Crippen LogP contribution in [0, 0.1) is 0 Å². The van der Waals surface area contributed by atoms with Gasteiger partial charge in [0.15, 0.2) is 0 Å². The lowest BCUT2D eigenvalue weighted by Crippen LogP contribution is -2.39. The molecule has 0 bridgehead atoms. The van der Waals surface area contributed by atoms with Crippen molar-refractivity contribution in [2.75, 3.05) is 0 Å². The zero-order chi connectivity index (χ0) is 9.19. The molecule has 0 heterocycles. The molecular formula is C10H18O2. The van der Waals surface area contributed by atoms with Crippen molar-refractivity contribution in [3.05, 3.63) is 11.6 Å². The fraction of sp³-hybridized carbons (Fsp3) is 0.800. The second-order valence-electron chi connectivity index (χ2n) is 4.00. The third kappa shape index (κ3) is 2.32. The molecule has 2 unspecified atom stereocenters. The van der Waals surface area contributed by atoms with E-state index in [4.69, 9.17) is 0 Å². The quantitative estimate of drug-likeness (QED) is 0.542. The molecule has 0 radical (unpaired) electrons. The van der Waals surface area contributed by atoms with Gasteiger partial charge in [0.05, 0.1) is 11.7 Å². The molecule has 12 heavy (non-hydrogen) atoms. The number of hydrogen-bond acceptors (Lipinski definition) is 2. The first-order chi connectivity index (χ1) is 5.52. The second-order valence-corrected chi connectivity index (χ2v) is 4.00. The van der Waals surface area contributed by atoms with Gasteiger partial charge < -0.3 is 10.2 Å². The molecule has 2 N–H and O–H groups in total. The minimum Gasteiger partial charge on any atom is -0.390 e. The molecule has 0 saturated carbocycles. The summed E-state index contributed by atoms with van der Waals surface area (Å²) in [5, 5.41) is 19.3. The third-order valence-corrected chi connectivity index (χ3v) is 2.67. The van der Waals surface area contributed by atoms with Gasteiger partial charge in [-0.1, -0.05) is 11.6 Å². The monoisotopic (exact) mass is 170 g/mol. The first kappa shape index (κ1) is 9.75. The normalized spacial score (nSPS) is 38.3. The summed E-state index contributed by atoms with van der Waals surface area (Å²) in [5.41, 5.74) is 0.432. The Hall–Kier alpha value is -0.340. The van der Waals surface area contributed by atoms with E-state index >= 15 is 0 Å². The summed E-state index contributed by atoms with van der Waals surface area (Å²) in [6, 6.07) is 0. The number of aliphatic hydroxyl groups excluding tert-OH is 1. The maximum Gasteiger partial charge on any atom is 0.0880 e. The lowest BCUT2D eigenvalue weighted by Gasteiger charge is -2.30. The van der Waals surface area contributed by atoms with Crippen LogP contribution >= 0.6 is 0 Å². The Morgan fingerprint density at radius 1 is 1.58 bits per heavy atom. The molecule has 1 rings (SSSR count). The molecule has 0 fully saturated rings. The largest absolute Gasteiger partial charge is 0.390 e. The van der Waals surface area contributed by atoms with E-state index in [0.29, 0.717) is 12.8 Å². The van der Waals surface area contributed by atoms with E-state index in [9.17, 15) is 10.2 Å². The van der Waals surface area contributed by atoms with E-state index in [2.05, 4.69) is 13.0 Å². The van der Waals surface area contributed by atoms with Gasteiger partial charge in [0.25, 0.3) is 0 Å². The van der Waals surface area contributed by atoms with Gasteiger partial charge >= 0.3 is 0 Å². The highest BCUT2D eigenvalue weighted by molar-refractivity contribution is 5.02. The van der Waals surface area contributed by atoms with Crippen LogP contribution in [0.5, 0.6) is 0 Å². The Balaban J connectivity index is 2.64. The van der Waals surface area contributed by atoms with Crippen molar-refractivity contribution in [3.8, 4) is 0 Å². The highest BCUT2D eigenvalue weighted by atomic mass is 16.3. The summed E-state index contributed by atoms with van der Waals surface area (Å²) in [5.74, 6) is 0. The van der Waals surface area contributed by atoms with Gasteiger partial charge in [0, 0.05) is 0 Å². The van der Waals surface area contributed by atoms with Crippen molar-refractivity contribution in [1.29, 1.82) is 0 Å². The van der Waals surface area contributed by atoms with Crippen LogP contribution in [0.4, 0.5) is 0 Å². The molecule has 0 aromatic carbocycles. The molecule has 1 aliphatic carbocycles. The summed E-state index contributed by atoms with van der Waals surface area (Å²) in [7, 11) is 0. The van der Waals surface area contributed by atoms with Crippen LogP contribution in [-0.2, 0) is 0 Å². The van der Waals surface area contributed by atoms with Crippen LogP contribution in [0.1, 0.15) is 39.5 Å².